The van der Waals surface area contributed by atoms with Gasteiger partial charge in [0, 0.05) is 11.1 Å². The smallest absolute Gasteiger partial charge is 0.358 e. The Bertz CT molecular complexity index is 1590. The van der Waals surface area contributed by atoms with Gasteiger partial charge in [-0.15, -0.1) is 0 Å². The first-order chi connectivity index (χ1) is 20.1. The molecule has 1 heterocycles. The minimum atomic E-state index is -0.473. The summed E-state index contributed by atoms with van der Waals surface area (Å²) in [7, 11) is 0. The summed E-state index contributed by atoms with van der Waals surface area (Å²) in [5.41, 5.74) is 6.61. The number of hydrogen-bond donors (Lipinski definition) is 1. The highest BCUT2D eigenvalue weighted by molar-refractivity contribution is 5.94. The first-order valence-corrected chi connectivity index (χ1v) is 13.9. The third kappa shape index (κ3) is 6.61. The second kappa shape index (κ2) is 12.9. The van der Waals surface area contributed by atoms with Crippen molar-refractivity contribution >= 4 is 11.9 Å². The van der Waals surface area contributed by atoms with Crippen molar-refractivity contribution in [1.82, 2.24) is 15.1 Å². The zero-order valence-electron chi connectivity index (χ0n) is 23.3. The summed E-state index contributed by atoms with van der Waals surface area (Å²) in [5.74, 6) is -0.636. The van der Waals surface area contributed by atoms with Gasteiger partial charge in [0.15, 0.2) is 5.69 Å². The third-order valence-corrected chi connectivity index (χ3v) is 7.02. The predicted octanol–water partition coefficient (Wildman–Crippen LogP) is 6.99. The fourth-order valence-electron chi connectivity index (χ4n) is 4.78. The Morgan fingerprint density at radius 1 is 0.805 bits per heavy atom. The predicted molar refractivity (Wildman–Crippen MR) is 161 cm³/mol. The van der Waals surface area contributed by atoms with Crippen LogP contribution in [0.5, 0.6) is 0 Å². The number of esters is 1. The van der Waals surface area contributed by atoms with Crippen molar-refractivity contribution in [3.63, 3.8) is 0 Å². The van der Waals surface area contributed by atoms with Crippen LogP contribution in [0.1, 0.15) is 57.4 Å². The van der Waals surface area contributed by atoms with E-state index in [9.17, 15) is 9.59 Å². The maximum atomic E-state index is 13.4. The van der Waals surface area contributed by atoms with Gasteiger partial charge in [0.1, 0.15) is 0 Å². The fourth-order valence-corrected chi connectivity index (χ4v) is 4.78. The summed E-state index contributed by atoms with van der Waals surface area (Å²) < 4.78 is 6.92. The van der Waals surface area contributed by atoms with Crippen molar-refractivity contribution in [3.05, 3.63) is 143 Å². The van der Waals surface area contributed by atoms with Crippen LogP contribution in [-0.2, 0) is 17.6 Å². The van der Waals surface area contributed by atoms with Gasteiger partial charge >= 0.3 is 5.97 Å². The van der Waals surface area contributed by atoms with E-state index in [4.69, 9.17) is 4.74 Å². The molecule has 0 saturated carbocycles. The monoisotopic (exact) mass is 543 g/mol. The van der Waals surface area contributed by atoms with Crippen LogP contribution in [0.25, 0.3) is 16.9 Å². The average molecular weight is 544 g/mol. The summed E-state index contributed by atoms with van der Waals surface area (Å²) in [5, 5.41) is 7.78. The molecule has 5 rings (SSSR count). The Morgan fingerprint density at radius 2 is 1.46 bits per heavy atom. The molecule has 0 bridgehead atoms. The summed E-state index contributed by atoms with van der Waals surface area (Å²) in [6.45, 7) is 4.15. The third-order valence-electron chi connectivity index (χ3n) is 7.02. The lowest BCUT2D eigenvalue weighted by molar-refractivity contribution is 0.0518. The van der Waals surface area contributed by atoms with Crippen molar-refractivity contribution < 1.29 is 14.3 Å². The maximum absolute atomic E-state index is 13.4. The molecule has 0 saturated heterocycles. The SMILES string of the molecule is CCOC(=O)c1cc(-c2ccc(CC)cc2)n(-c2ccc(C(=O)NC(Cc3ccccc3)c3ccccc3)cc2)n1. The lowest BCUT2D eigenvalue weighted by Crippen LogP contribution is -2.30. The first-order valence-electron chi connectivity index (χ1n) is 13.9. The molecule has 4 aromatic carbocycles. The Labute approximate surface area is 240 Å². The summed E-state index contributed by atoms with van der Waals surface area (Å²) >= 11 is 0. The van der Waals surface area contributed by atoms with Gasteiger partial charge in [0.2, 0.25) is 0 Å². The number of hydrogen-bond acceptors (Lipinski definition) is 4. The van der Waals surface area contributed by atoms with Gasteiger partial charge < -0.3 is 10.1 Å². The highest BCUT2D eigenvalue weighted by Gasteiger charge is 2.19. The molecule has 6 heteroatoms. The molecule has 1 N–H and O–H groups in total. The molecular formula is C35H33N3O3. The van der Waals surface area contributed by atoms with E-state index in [1.54, 1.807) is 29.8 Å². The number of nitrogens with one attached hydrogen (secondary N) is 1. The molecule has 0 aliphatic rings. The fraction of sp³-hybridized carbons (Fsp3) is 0.171. The van der Waals surface area contributed by atoms with Crippen molar-refractivity contribution in [2.45, 2.75) is 32.7 Å². The lowest BCUT2D eigenvalue weighted by atomic mass is 9.98. The molecule has 0 radical (unpaired) electrons. The maximum Gasteiger partial charge on any atom is 0.358 e. The van der Waals surface area contributed by atoms with Gasteiger partial charge in [-0.05, 0) is 66.8 Å². The molecule has 1 atom stereocenters. The van der Waals surface area contributed by atoms with Gasteiger partial charge in [0.25, 0.3) is 5.91 Å². The van der Waals surface area contributed by atoms with Crippen molar-refractivity contribution in [2.75, 3.05) is 6.61 Å². The van der Waals surface area contributed by atoms with E-state index in [1.165, 1.54) is 5.56 Å². The second-order valence-electron chi connectivity index (χ2n) is 9.77. The number of rotatable bonds is 10. The molecule has 0 aliphatic carbocycles. The van der Waals surface area contributed by atoms with Crippen LogP contribution in [-0.4, -0.2) is 28.3 Å². The van der Waals surface area contributed by atoms with E-state index in [0.717, 1.165) is 34.5 Å². The number of aryl methyl sites for hydroxylation is 1. The lowest BCUT2D eigenvalue weighted by Gasteiger charge is -2.20. The van der Waals surface area contributed by atoms with Crippen LogP contribution < -0.4 is 5.32 Å². The van der Waals surface area contributed by atoms with E-state index >= 15 is 0 Å². The normalized spacial score (nSPS) is 11.6. The van der Waals surface area contributed by atoms with Gasteiger partial charge in [-0.3, -0.25) is 4.79 Å². The van der Waals surface area contributed by atoms with Gasteiger partial charge in [-0.1, -0.05) is 91.9 Å². The Kier molecular flexibility index (Phi) is 8.70. The number of carbonyl (C=O) groups excluding carboxylic acids is 2. The molecule has 0 aliphatic heterocycles. The van der Waals surface area contributed by atoms with Crippen LogP contribution in [0, 0.1) is 0 Å². The largest absolute Gasteiger partial charge is 0.461 e. The van der Waals surface area contributed by atoms with E-state index in [-0.39, 0.29) is 24.2 Å². The van der Waals surface area contributed by atoms with Crippen LogP contribution in [0.3, 0.4) is 0 Å². The van der Waals surface area contributed by atoms with Crippen LogP contribution >= 0.6 is 0 Å². The number of carbonyl (C=O) groups is 2. The standard InChI is InChI=1S/C35H33N3O3/c1-3-25-15-17-28(18-16-25)33-24-32(35(40)41-4-2)37-38(33)30-21-19-29(20-22-30)34(39)36-31(27-13-9-6-10-14-27)23-26-11-7-5-8-12-26/h5-22,24,31H,3-4,23H2,1-2H3,(H,36,39). The zero-order valence-corrected chi connectivity index (χ0v) is 23.3. The number of ether oxygens (including phenoxy) is 1. The van der Waals surface area contributed by atoms with Gasteiger partial charge in [-0.2, -0.15) is 5.10 Å². The molecule has 5 aromatic rings. The summed E-state index contributed by atoms with van der Waals surface area (Å²) in [4.78, 5) is 25.9. The highest BCUT2D eigenvalue weighted by atomic mass is 16.5. The minimum Gasteiger partial charge on any atom is -0.461 e. The molecular weight excluding hydrogens is 510 g/mol. The topological polar surface area (TPSA) is 73.2 Å². The number of nitrogens with zero attached hydrogens (tertiary/aromatic N) is 2. The molecule has 0 fully saturated rings. The average Bonchev–Trinajstić information content (AvgIpc) is 3.48. The quantitative estimate of drug-likeness (QED) is 0.193. The van der Waals surface area contributed by atoms with E-state index in [1.807, 2.05) is 72.8 Å². The Balaban J connectivity index is 1.41. The molecule has 206 valence electrons. The zero-order chi connectivity index (χ0) is 28.6. The number of amides is 1. The summed E-state index contributed by atoms with van der Waals surface area (Å²) in [6, 6.07) is 37.2. The molecule has 41 heavy (non-hydrogen) atoms. The van der Waals surface area contributed by atoms with Gasteiger partial charge in [-0.25, -0.2) is 9.48 Å². The van der Waals surface area contributed by atoms with Gasteiger partial charge in [0.05, 0.1) is 24.0 Å². The molecule has 1 amide bonds. The summed E-state index contributed by atoms with van der Waals surface area (Å²) in [6.07, 6.45) is 1.62. The molecule has 1 aromatic heterocycles. The van der Waals surface area contributed by atoms with Crippen molar-refractivity contribution in [3.8, 4) is 16.9 Å². The first kappa shape index (κ1) is 27.6. The Morgan fingerprint density at radius 3 is 2.10 bits per heavy atom. The van der Waals surface area contributed by atoms with Crippen LogP contribution in [0.2, 0.25) is 0 Å². The molecule has 6 nitrogen and oxygen atoms in total. The Hall–Kier alpha value is -4.97. The number of benzene rings is 4. The second-order valence-corrected chi connectivity index (χ2v) is 9.77. The molecule has 0 spiro atoms. The molecule has 1 unspecified atom stereocenters. The van der Waals surface area contributed by atoms with E-state index in [0.29, 0.717) is 12.0 Å². The van der Waals surface area contributed by atoms with Crippen LogP contribution in [0.15, 0.2) is 115 Å². The number of aromatic nitrogens is 2. The van der Waals surface area contributed by atoms with Crippen LogP contribution in [0.4, 0.5) is 0 Å². The minimum absolute atomic E-state index is 0.163. The van der Waals surface area contributed by atoms with E-state index < -0.39 is 5.97 Å². The van der Waals surface area contributed by atoms with E-state index in [2.05, 4.69) is 41.6 Å². The van der Waals surface area contributed by atoms with Crippen molar-refractivity contribution in [2.24, 2.45) is 0 Å². The van der Waals surface area contributed by atoms with Crippen molar-refractivity contribution in [1.29, 1.82) is 0 Å². The highest BCUT2D eigenvalue weighted by Crippen LogP contribution is 2.26.